The lowest BCUT2D eigenvalue weighted by atomic mass is 10.2. The predicted molar refractivity (Wildman–Crippen MR) is 91.0 cm³/mol. The van der Waals surface area contributed by atoms with Gasteiger partial charge in [-0.25, -0.2) is 0 Å². The largest absolute Gasteiger partial charge is 0.389 e. The molecule has 0 atom stereocenters. The Morgan fingerprint density at radius 3 is 2.50 bits per heavy atom. The minimum absolute atomic E-state index is 0.103. The second-order valence-corrected chi connectivity index (χ2v) is 5.34. The second kappa shape index (κ2) is 7.00. The lowest BCUT2D eigenvalue weighted by Gasteiger charge is -2.10. The Morgan fingerprint density at radius 2 is 1.91 bits per heavy atom. The number of anilines is 1. The molecule has 114 valence electrons. The van der Waals surface area contributed by atoms with Gasteiger partial charge in [-0.3, -0.25) is 9.59 Å². The van der Waals surface area contributed by atoms with Crippen LogP contribution in [0.5, 0.6) is 0 Å². The fraction of sp³-hybridized carbons (Fsp3) is 0.188. The Morgan fingerprint density at radius 1 is 1.23 bits per heavy atom. The number of nitrogens with two attached hydrogens (primary N) is 1. The Hall–Kier alpha value is -2.47. The van der Waals surface area contributed by atoms with Crippen LogP contribution < -0.4 is 16.6 Å². The third-order valence-electron chi connectivity index (χ3n) is 3.28. The maximum Gasteiger partial charge on any atom is 0.250 e. The first-order valence-corrected chi connectivity index (χ1v) is 7.24. The van der Waals surface area contributed by atoms with E-state index >= 15 is 0 Å². The van der Waals surface area contributed by atoms with E-state index in [4.69, 9.17) is 18.0 Å². The summed E-state index contributed by atoms with van der Waals surface area (Å²) < 4.78 is 1.58. The smallest absolute Gasteiger partial charge is 0.250 e. The molecule has 0 spiro atoms. The quantitative estimate of drug-likeness (QED) is 0.825. The van der Waals surface area contributed by atoms with Crippen LogP contribution in [0.4, 0.5) is 5.69 Å². The van der Waals surface area contributed by atoms with Gasteiger partial charge in [0, 0.05) is 36.0 Å². The van der Waals surface area contributed by atoms with Crippen LogP contribution in [0.2, 0.25) is 0 Å². The molecule has 0 aliphatic rings. The Balaban J connectivity index is 1.96. The molecule has 0 saturated heterocycles. The van der Waals surface area contributed by atoms with Crippen LogP contribution in [0.25, 0.3) is 0 Å². The summed E-state index contributed by atoms with van der Waals surface area (Å²) in [5.74, 6) is -0.154. The van der Waals surface area contributed by atoms with Crippen LogP contribution in [0.1, 0.15) is 17.7 Å². The lowest BCUT2D eigenvalue weighted by Crippen LogP contribution is -2.24. The molecule has 0 radical (unpaired) electrons. The van der Waals surface area contributed by atoms with E-state index < -0.39 is 0 Å². The number of aromatic nitrogens is 1. The van der Waals surface area contributed by atoms with Gasteiger partial charge >= 0.3 is 0 Å². The van der Waals surface area contributed by atoms with Crippen molar-refractivity contribution >= 4 is 28.8 Å². The van der Waals surface area contributed by atoms with Gasteiger partial charge in [0.25, 0.3) is 5.56 Å². The third-order valence-corrected chi connectivity index (χ3v) is 3.52. The normalized spacial score (nSPS) is 10.2. The number of rotatable bonds is 5. The van der Waals surface area contributed by atoms with Crippen molar-refractivity contribution in [2.45, 2.75) is 19.9 Å². The van der Waals surface area contributed by atoms with Crippen molar-refractivity contribution in [1.82, 2.24) is 4.57 Å². The molecular weight excluding hydrogens is 298 g/mol. The molecule has 22 heavy (non-hydrogen) atoms. The van der Waals surface area contributed by atoms with Crippen molar-refractivity contribution in [2.24, 2.45) is 5.73 Å². The van der Waals surface area contributed by atoms with E-state index in [1.165, 1.54) is 6.07 Å². The van der Waals surface area contributed by atoms with E-state index in [1.807, 2.05) is 13.0 Å². The van der Waals surface area contributed by atoms with Gasteiger partial charge in [0.15, 0.2) is 0 Å². The molecule has 0 fully saturated rings. The molecule has 1 aromatic heterocycles. The van der Waals surface area contributed by atoms with E-state index in [2.05, 4.69) is 5.32 Å². The van der Waals surface area contributed by atoms with Crippen molar-refractivity contribution in [1.29, 1.82) is 0 Å². The highest BCUT2D eigenvalue weighted by atomic mass is 32.1. The van der Waals surface area contributed by atoms with Gasteiger partial charge in [-0.1, -0.05) is 18.3 Å². The minimum atomic E-state index is -0.154. The number of hydrogen-bond donors (Lipinski definition) is 2. The van der Waals surface area contributed by atoms with Crippen LogP contribution in [0.15, 0.2) is 47.3 Å². The number of nitrogens with one attached hydrogen (secondary N) is 1. The third kappa shape index (κ3) is 4.02. The molecular formula is C16H17N3O2S. The first-order valence-electron chi connectivity index (χ1n) is 6.83. The molecule has 2 rings (SSSR count). The Kier molecular flexibility index (Phi) is 5.06. The first-order chi connectivity index (χ1) is 10.5. The minimum Gasteiger partial charge on any atom is -0.389 e. The van der Waals surface area contributed by atoms with Crippen molar-refractivity contribution in [3.8, 4) is 0 Å². The number of nitrogens with zero attached hydrogens (tertiary/aromatic N) is 1. The van der Waals surface area contributed by atoms with E-state index in [0.717, 1.165) is 11.3 Å². The van der Waals surface area contributed by atoms with Crippen LogP contribution in [-0.2, 0) is 11.3 Å². The Labute approximate surface area is 133 Å². The zero-order valence-corrected chi connectivity index (χ0v) is 13.0. The van der Waals surface area contributed by atoms with Gasteiger partial charge in [0.2, 0.25) is 5.91 Å². The molecule has 0 unspecified atom stereocenters. The van der Waals surface area contributed by atoms with Gasteiger partial charge in [0.05, 0.1) is 0 Å². The highest BCUT2D eigenvalue weighted by molar-refractivity contribution is 7.80. The average Bonchev–Trinajstić information content (AvgIpc) is 2.47. The number of pyridine rings is 1. The average molecular weight is 315 g/mol. The first kappa shape index (κ1) is 15.9. The van der Waals surface area contributed by atoms with E-state index in [-0.39, 0.29) is 17.9 Å². The topological polar surface area (TPSA) is 77.1 Å². The molecule has 0 bridgehead atoms. The zero-order chi connectivity index (χ0) is 16.1. The van der Waals surface area contributed by atoms with Crippen molar-refractivity contribution in [2.75, 3.05) is 5.32 Å². The lowest BCUT2D eigenvalue weighted by molar-refractivity contribution is -0.116. The summed E-state index contributed by atoms with van der Waals surface area (Å²) in [6.45, 7) is 2.19. The van der Waals surface area contributed by atoms with Gasteiger partial charge in [-0.2, -0.15) is 0 Å². The monoisotopic (exact) mass is 315 g/mol. The summed E-state index contributed by atoms with van der Waals surface area (Å²) in [6, 6.07) is 12.0. The summed E-state index contributed by atoms with van der Waals surface area (Å²) >= 11 is 4.87. The zero-order valence-electron chi connectivity index (χ0n) is 12.2. The van der Waals surface area contributed by atoms with Crippen molar-refractivity contribution in [3.05, 3.63) is 64.1 Å². The van der Waals surface area contributed by atoms with E-state index in [1.54, 1.807) is 34.9 Å². The summed E-state index contributed by atoms with van der Waals surface area (Å²) in [4.78, 5) is 24.0. The van der Waals surface area contributed by atoms with E-state index in [9.17, 15) is 9.59 Å². The fourth-order valence-corrected chi connectivity index (χ4v) is 2.20. The van der Waals surface area contributed by atoms with E-state index in [0.29, 0.717) is 17.2 Å². The number of benzene rings is 1. The molecule has 3 N–H and O–H groups in total. The highest BCUT2D eigenvalue weighted by Gasteiger charge is 2.06. The maximum absolute atomic E-state index is 12.0. The van der Waals surface area contributed by atoms with Gasteiger partial charge in [-0.15, -0.1) is 0 Å². The van der Waals surface area contributed by atoms with Crippen LogP contribution in [0.3, 0.4) is 0 Å². The Bertz CT molecular complexity index is 751. The number of aryl methyl sites for hydroxylation is 1. The molecule has 0 aliphatic carbocycles. The molecule has 0 saturated carbocycles. The molecule has 1 aromatic carbocycles. The number of thiocarbonyl (C=S) groups is 1. The summed E-state index contributed by atoms with van der Waals surface area (Å²) in [5.41, 5.74) is 7.67. The summed E-state index contributed by atoms with van der Waals surface area (Å²) in [5, 5.41) is 2.78. The fourth-order valence-electron chi connectivity index (χ4n) is 2.06. The van der Waals surface area contributed by atoms with Crippen molar-refractivity contribution < 1.29 is 4.79 Å². The molecule has 1 amide bonds. The second-order valence-electron chi connectivity index (χ2n) is 4.90. The van der Waals surface area contributed by atoms with Gasteiger partial charge in [-0.05, 0) is 37.3 Å². The summed E-state index contributed by atoms with van der Waals surface area (Å²) in [7, 11) is 0. The molecule has 2 aromatic rings. The van der Waals surface area contributed by atoms with Crippen LogP contribution in [-0.4, -0.2) is 15.5 Å². The maximum atomic E-state index is 12.0. The SMILES string of the molecule is Cc1cccc(=O)n1CCC(=O)Nc1ccc(C(N)=S)cc1. The van der Waals surface area contributed by atoms with Crippen molar-refractivity contribution in [3.63, 3.8) is 0 Å². The number of carbonyl (C=O) groups is 1. The highest BCUT2D eigenvalue weighted by Crippen LogP contribution is 2.10. The molecule has 1 heterocycles. The number of hydrogen-bond acceptors (Lipinski definition) is 3. The molecule has 6 heteroatoms. The summed E-state index contributed by atoms with van der Waals surface area (Å²) in [6.07, 6.45) is 0.224. The molecule has 0 aliphatic heterocycles. The number of amides is 1. The molecule has 5 nitrogen and oxygen atoms in total. The predicted octanol–water partition coefficient (Wildman–Crippen LogP) is 1.82. The van der Waals surface area contributed by atoms with Crippen LogP contribution >= 0.6 is 12.2 Å². The number of carbonyl (C=O) groups excluding carboxylic acids is 1. The van der Waals surface area contributed by atoms with Crippen LogP contribution in [0, 0.1) is 6.92 Å². The standard InChI is InChI=1S/C16H17N3O2S/c1-11-3-2-4-15(21)19(11)10-9-14(20)18-13-7-5-12(6-8-13)16(17)22/h2-8H,9-10H2,1H3,(H2,17,22)(H,18,20). The van der Waals surface area contributed by atoms with Gasteiger partial charge in [0.1, 0.15) is 4.99 Å². The van der Waals surface area contributed by atoms with Gasteiger partial charge < -0.3 is 15.6 Å².